The molecule has 3 aromatic carbocycles. The maximum atomic E-state index is 12.2. The molecular weight excluding hydrogens is 504 g/mol. The molecule has 33 heavy (non-hydrogen) atoms. The molecule has 5 rings (SSSR count). The number of benzene rings is 3. The molecule has 0 saturated heterocycles. The lowest BCUT2D eigenvalue weighted by atomic mass is 10.2. The molecule has 1 N–H and O–H groups in total. The van der Waals surface area contributed by atoms with E-state index in [-0.39, 0.29) is 5.76 Å². The summed E-state index contributed by atoms with van der Waals surface area (Å²) in [6, 6.07) is 20.6. The molecule has 2 aromatic heterocycles. The van der Waals surface area contributed by atoms with Gasteiger partial charge in [0.2, 0.25) is 5.76 Å². The molecule has 5 aromatic rings. The molecule has 0 aliphatic heterocycles. The Kier molecular flexibility index (Phi) is 5.70. The standard InChI is InChI=1S/C25H17BrN2O4S/c1-14-2-9-19-22(10-14)33-24(28-19)15-4-7-18(8-5-15)27-23(29)13-31-25(30)21-11-16-3-6-17(26)12-20(16)32-21/h2-12H,13H2,1H3,(H,27,29). The Morgan fingerprint density at radius 2 is 1.88 bits per heavy atom. The number of ether oxygens (including phenoxy) is 1. The predicted octanol–water partition coefficient (Wildman–Crippen LogP) is 6.58. The number of rotatable bonds is 5. The molecule has 0 saturated carbocycles. The Balaban J connectivity index is 1.20. The van der Waals surface area contributed by atoms with E-state index in [4.69, 9.17) is 9.15 Å². The zero-order valence-corrected chi connectivity index (χ0v) is 19.8. The smallest absolute Gasteiger partial charge is 0.374 e. The van der Waals surface area contributed by atoms with Crippen molar-refractivity contribution in [3.05, 3.63) is 82.5 Å². The average molecular weight is 521 g/mol. The third-order valence-corrected chi connectivity index (χ3v) is 6.54. The van der Waals surface area contributed by atoms with E-state index in [1.807, 2.05) is 36.4 Å². The Labute approximate surface area is 201 Å². The van der Waals surface area contributed by atoms with Crippen LogP contribution in [-0.2, 0) is 9.53 Å². The zero-order valence-electron chi connectivity index (χ0n) is 17.4. The zero-order chi connectivity index (χ0) is 22.9. The van der Waals surface area contributed by atoms with E-state index in [0.29, 0.717) is 11.3 Å². The van der Waals surface area contributed by atoms with Crippen molar-refractivity contribution in [2.75, 3.05) is 11.9 Å². The minimum atomic E-state index is -0.695. The summed E-state index contributed by atoms with van der Waals surface area (Å²) in [5.41, 5.74) is 4.30. The number of hydrogen-bond acceptors (Lipinski definition) is 6. The van der Waals surface area contributed by atoms with Gasteiger partial charge in [-0.3, -0.25) is 4.79 Å². The second-order valence-corrected chi connectivity index (χ2v) is 9.43. The number of thiazole rings is 1. The lowest BCUT2D eigenvalue weighted by Gasteiger charge is -2.06. The van der Waals surface area contributed by atoms with Crippen molar-refractivity contribution in [2.24, 2.45) is 0 Å². The largest absolute Gasteiger partial charge is 0.450 e. The number of halogens is 1. The van der Waals surface area contributed by atoms with Gasteiger partial charge in [-0.1, -0.05) is 22.0 Å². The van der Waals surface area contributed by atoms with Crippen molar-refractivity contribution < 1.29 is 18.7 Å². The van der Waals surface area contributed by atoms with Crippen LogP contribution in [0, 0.1) is 6.92 Å². The van der Waals surface area contributed by atoms with Crippen LogP contribution in [0.15, 0.2) is 75.6 Å². The van der Waals surface area contributed by atoms with Gasteiger partial charge in [-0.05, 0) is 73.2 Å². The van der Waals surface area contributed by atoms with Gasteiger partial charge in [-0.15, -0.1) is 11.3 Å². The molecule has 0 fully saturated rings. The average Bonchev–Trinajstić information content (AvgIpc) is 3.41. The van der Waals surface area contributed by atoms with Crippen LogP contribution in [0.1, 0.15) is 16.1 Å². The first-order valence-electron chi connectivity index (χ1n) is 10.1. The number of nitrogens with one attached hydrogen (secondary N) is 1. The quantitative estimate of drug-likeness (QED) is 0.265. The minimum absolute atomic E-state index is 0.0475. The SMILES string of the molecule is Cc1ccc2nc(-c3ccc(NC(=O)COC(=O)c4cc5ccc(Br)cc5o4)cc3)sc2c1. The highest BCUT2D eigenvalue weighted by Crippen LogP contribution is 2.31. The molecule has 0 atom stereocenters. The summed E-state index contributed by atoms with van der Waals surface area (Å²) in [5.74, 6) is -1.09. The molecule has 6 nitrogen and oxygen atoms in total. The normalized spacial score (nSPS) is 11.1. The van der Waals surface area contributed by atoms with E-state index in [1.165, 1.54) is 5.56 Å². The molecule has 0 aliphatic carbocycles. The van der Waals surface area contributed by atoms with Crippen molar-refractivity contribution in [1.82, 2.24) is 4.98 Å². The van der Waals surface area contributed by atoms with Gasteiger partial charge in [0, 0.05) is 21.1 Å². The highest BCUT2D eigenvalue weighted by molar-refractivity contribution is 9.10. The minimum Gasteiger partial charge on any atom is -0.450 e. The van der Waals surface area contributed by atoms with Gasteiger partial charge in [0.1, 0.15) is 10.6 Å². The van der Waals surface area contributed by atoms with Crippen molar-refractivity contribution in [1.29, 1.82) is 0 Å². The summed E-state index contributed by atoms with van der Waals surface area (Å²) in [6.45, 7) is 1.64. The monoisotopic (exact) mass is 520 g/mol. The fourth-order valence-corrected chi connectivity index (χ4v) is 4.77. The number of aryl methyl sites for hydroxylation is 1. The fraction of sp³-hybridized carbons (Fsp3) is 0.0800. The molecule has 2 heterocycles. The van der Waals surface area contributed by atoms with Gasteiger partial charge in [0.05, 0.1) is 10.2 Å². The Morgan fingerprint density at radius 3 is 2.70 bits per heavy atom. The van der Waals surface area contributed by atoms with E-state index in [1.54, 1.807) is 35.6 Å². The van der Waals surface area contributed by atoms with Gasteiger partial charge in [0.25, 0.3) is 5.91 Å². The van der Waals surface area contributed by atoms with Crippen LogP contribution in [0.3, 0.4) is 0 Å². The van der Waals surface area contributed by atoms with Crippen molar-refractivity contribution >= 4 is 66.0 Å². The van der Waals surface area contributed by atoms with Crippen molar-refractivity contribution in [3.8, 4) is 10.6 Å². The fourth-order valence-electron chi connectivity index (χ4n) is 3.36. The number of carbonyl (C=O) groups excluding carboxylic acids is 2. The van der Waals surface area contributed by atoms with Crippen LogP contribution in [0.25, 0.3) is 31.8 Å². The molecule has 0 radical (unpaired) electrons. The van der Waals surface area contributed by atoms with Gasteiger partial charge >= 0.3 is 5.97 Å². The van der Waals surface area contributed by atoms with Gasteiger partial charge < -0.3 is 14.5 Å². The highest BCUT2D eigenvalue weighted by atomic mass is 79.9. The van der Waals surface area contributed by atoms with Crippen molar-refractivity contribution in [3.63, 3.8) is 0 Å². The summed E-state index contributed by atoms with van der Waals surface area (Å²) >= 11 is 4.98. The summed E-state index contributed by atoms with van der Waals surface area (Å²) in [6.07, 6.45) is 0. The van der Waals surface area contributed by atoms with E-state index in [9.17, 15) is 9.59 Å². The first kappa shape index (κ1) is 21.4. The maximum Gasteiger partial charge on any atom is 0.374 e. The maximum absolute atomic E-state index is 12.2. The lowest BCUT2D eigenvalue weighted by molar-refractivity contribution is -0.119. The van der Waals surface area contributed by atoms with Gasteiger partial charge in [0.15, 0.2) is 6.61 Å². The Bertz CT molecular complexity index is 1500. The Morgan fingerprint density at radius 1 is 1.06 bits per heavy atom. The molecule has 8 heteroatoms. The van der Waals surface area contributed by atoms with Crippen LogP contribution in [-0.4, -0.2) is 23.5 Å². The second-order valence-electron chi connectivity index (χ2n) is 7.48. The van der Waals surface area contributed by atoms with E-state index >= 15 is 0 Å². The summed E-state index contributed by atoms with van der Waals surface area (Å²) < 4.78 is 12.6. The van der Waals surface area contributed by atoms with Crippen molar-refractivity contribution in [2.45, 2.75) is 6.92 Å². The topological polar surface area (TPSA) is 81.4 Å². The third kappa shape index (κ3) is 4.67. The van der Waals surface area contributed by atoms with Crippen LogP contribution in [0.2, 0.25) is 0 Å². The number of carbonyl (C=O) groups is 2. The number of furan rings is 1. The first-order chi connectivity index (χ1) is 15.9. The lowest BCUT2D eigenvalue weighted by Crippen LogP contribution is -2.20. The number of aromatic nitrogens is 1. The highest BCUT2D eigenvalue weighted by Gasteiger charge is 2.16. The molecule has 1 amide bonds. The second kappa shape index (κ2) is 8.80. The number of esters is 1. The van der Waals surface area contributed by atoms with Gasteiger partial charge in [-0.2, -0.15) is 0 Å². The third-order valence-electron chi connectivity index (χ3n) is 4.98. The van der Waals surface area contributed by atoms with Crippen LogP contribution >= 0.6 is 27.3 Å². The van der Waals surface area contributed by atoms with E-state index in [2.05, 4.69) is 39.2 Å². The van der Waals surface area contributed by atoms with Crippen LogP contribution in [0.4, 0.5) is 5.69 Å². The molecule has 0 bridgehead atoms. The van der Waals surface area contributed by atoms with Gasteiger partial charge in [-0.25, -0.2) is 9.78 Å². The molecule has 164 valence electrons. The number of anilines is 1. The molecular formula is C25H17BrN2O4S. The number of hydrogen-bond donors (Lipinski definition) is 1. The Hall–Kier alpha value is -3.49. The van der Waals surface area contributed by atoms with E-state index < -0.39 is 18.5 Å². The summed E-state index contributed by atoms with van der Waals surface area (Å²) in [4.78, 5) is 29.1. The van der Waals surface area contributed by atoms with Crippen LogP contribution in [0.5, 0.6) is 0 Å². The van der Waals surface area contributed by atoms with E-state index in [0.717, 1.165) is 30.6 Å². The summed E-state index contributed by atoms with van der Waals surface area (Å²) in [5, 5.41) is 4.42. The molecule has 0 aliphatic rings. The first-order valence-corrected chi connectivity index (χ1v) is 11.7. The number of fused-ring (bicyclic) bond motifs is 2. The summed E-state index contributed by atoms with van der Waals surface area (Å²) in [7, 11) is 0. The predicted molar refractivity (Wildman–Crippen MR) is 133 cm³/mol. The number of nitrogens with zero attached hydrogens (tertiary/aromatic N) is 1. The molecule has 0 spiro atoms. The number of amides is 1. The van der Waals surface area contributed by atoms with Crippen LogP contribution < -0.4 is 5.32 Å². The molecule has 0 unspecified atom stereocenters.